The molecule has 0 radical (unpaired) electrons. The van der Waals surface area contributed by atoms with Gasteiger partial charge in [-0.15, -0.1) is 0 Å². The van der Waals surface area contributed by atoms with Gasteiger partial charge in [-0.2, -0.15) is 4.99 Å². The molecule has 26 heavy (non-hydrogen) atoms. The maximum absolute atomic E-state index is 11.5. The molecule has 0 bridgehead atoms. The molecule has 1 N–H and O–H groups in total. The fourth-order valence-electron chi connectivity index (χ4n) is 1.24. The van der Waals surface area contributed by atoms with E-state index in [0.717, 1.165) is 11.0 Å². The van der Waals surface area contributed by atoms with E-state index >= 15 is 0 Å². The average molecular weight is 409 g/mol. The van der Waals surface area contributed by atoms with Crippen LogP contribution in [-0.2, 0) is 9.53 Å². The number of benzene rings is 1. The first-order valence-electron chi connectivity index (χ1n) is 6.84. The Morgan fingerprint density at radius 2 is 1.58 bits per heavy atom. The van der Waals surface area contributed by atoms with Gasteiger partial charge in [-0.25, -0.2) is 9.59 Å². The number of carbonyl (C=O) groups excluding carboxylic acids is 2. The van der Waals surface area contributed by atoms with Crippen molar-refractivity contribution < 1.29 is 44.0 Å². The Morgan fingerprint density at radius 1 is 1.12 bits per heavy atom. The number of hydrogen-bond acceptors (Lipinski definition) is 4. The van der Waals surface area contributed by atoms with Crippen LogP contribution >= 0.6 is 7.81 Å². The van der Waals surface area contributed by atoms with E-state index in [1.807, 2.05) is 21.1 Å². The molecule has 1 rings (SSSR count). The molecule has 1 amide bonds. The molecule has 1 aromatic carbocycles. The third-order valence-corrected chi connectivity index (χ3v) is 2.28. The summed E-state index contributed by atoms with van der Waals surface area (Å²) in [5, 5.41) is 2.59. The van der Waals surface area contributed by atoms with Gasteiger partial charge in [-0.05, 0) is 24.3 Å². The number of nitrogens with zero attached hydrogens (tertiary/aromatic N) is 2. The zero-order valence-electron chi connectivity index (χ0n) is 14.1. The number of nitrogens with one attached hydrogen (secondary N) is 1. The van der Waals surface area contributed by atoms with Crippen LogP contribution in [0, 0.1) is 0 Å². The second kappa shape index (κ2) is 7.61. The number of quaternary nitrogens is 1. The Balaban J connectivity index is 0.000000758. The first-order valence-corrected chi connectivity index (χ1v) is 8.87. The van der Waals surface area contributed by atoms with Crippen molar-refractivity contribution in [3.8, 4) is 0 Å². The van der Waals surface area contributed by atoms with E-state index < -0.39 is 13.9 Å². The molecular formula is C13H18F6N3O3P. The molecular weight excluding hydrogens is 391 g/mol. The summed E-state index contributed by atoms with van der Waals surface area (Å²) in [6.45, 7) is 1.09. The second-order valence-corrected chi connectivity index (χ2v) is 7.90. The van der Waals surface area contributed by atoms with E-state index in [0.29, 0.717) is 18.0 Å². The van der Waals surface area contributed by atoms with Crippen molar-refractivity contribution in [2.75, 3.05) is 39.6 Å². The van der Waals surface area contributed by atoms with Crippen LogP contribution < -0.4 is 5.32 Å². The minimum absolute atomic E-state index is 0.350. The van der Waals surface area contributed by atoms with Crippen molar-refractivity contribution in [3.63, 3.8) is 0 Å². The molecule has 150 valence electrons. The zero-order chi connectivity index (χ0) is 20.7. The van der Waals surface area contributed by atoms with E-state index in [4.69, 9.17) is 4.74 Å². The monoisotopic (exact) mass is 409 g/mol. The van der Waals surface area contributed by atoms with Crippen LogP contribution in [0.3, 0.4) is 0 Å². The third-order valence-electron chi connectivity index (χ3n) is 2.28. The van der Waals surface area contributed by atoms with Crippen LogP contribution in [0.4, 0.5) is 41.4 Å². The van der Waals surface area contributed by atoms with Gasteiger partial charge in [0.05, 0.1) is 26.8 Å². The summed E-state index contributed by atoms with van der Waals surface area (Å²) in [4.78, 5) is 25.0. The number of hydrogen-bond donors (Lipinski definition) is 1. The number of rotatable bonds is 5. The number of ether oxygens (including phenoxy) is 1. The molecule has 0 aromatic heterocycles. The molecule has 0 aliphatic heterocycles. The summed E-state index contributed by atoms with van der Waals surface area (Å²) in [6.07, 6.45) is 0.948. The van der Waals surface area contributed by atoms with Crippen LogP contribution in [0.5, 0.6) is 0 Å². The van der Waals surface area contributed by atoms with Gasteiger partial charge in [0.15, 0.2) is 0 Å². The van der Waals surface area contributed by atoms with Crippen LogP contribution in [0.1, 0.15) is 0 Å². The SMILES string of the molecule is C[N+](C)(C)CCOC(=O)Nc1ccc(N=C=O)cc1.F[P-](F)(F)(F)(F)F. The number of likely N-dealkylation sites (N-methyl/N-ethyl adjacent to an activating group) is 1. The van der Waals surface area contributed by atoms with Gasteiger partial charge in [-0.1, -0.05) is 0 Å². The predicted molar refractivity (Wildman–Crippen MR) is 85.7 cm³/mol. The first-order chi connectivity index (χ1) is 11.4. The van der Waals surface area contributed by atoms with Gasteiger partial charge in [0.2, 0.25) is 6.08 Å². The van der Waals surface area contributed by atoms with Crippen molar-refractivity contribution in [2.24, 2.45) is 4.99 Å². The molecule has 0 spiro atoms. The second-order valence-electron chi connectivity index (χ2n) is 5.98. The Morgan fingerprint density at radius 3 is 1.96 bits per heavy atom. The molecule has 0 saturated carbocycles. The van der Waals surface area contributed by atoms with Gasteiger partial charge in [-0.3, -0.25) is 5.32 Å². The maximum atomic E-state index is 11.5. The van der Waals surface area contributed by atoms with E-state index in [-0.39, 0.29) is 0 Å². The van der Waals surface area contributed by atoms with Gasteiger partial charge < -0.3 is 9.22 Å². The van der Waals surface area contributed by atoms with Crippen molar-refractivity contribution >= 4 is 31.4 Å². The van der Waals surface area contributed by atoms with Crippen LogP contribution in [-0.4, -0.2) is 51.0 Å². The standard InChI is InChI=1S/C13H17N3O3.F6P/c1-16(2,3)8-9-19-13(18)15-12-6-4-11(5-7-12)14-10-17;1-7(2,3,4,5)6/h4-7H,8-9H2,1-3H3;/q;-1/p+1. The third kappa shape index (κ3) is 19.9. The summed E-state index contributed by atoms with van der Waals surface area (Å²) in [5.74, 6) is 0. The number of anilines is 1. The molecule has 0 heterocycles. The van der Waals surface area contributed by atoms with E-state index in [2.05, 4.69) is 10.3 Å². The van der Waals surface area contributed by atoms with E-state index in [9.17, 15) is 34.8 Å². The van der Waals surface area contributed by atoms with Gasteiger partial charge in [0, 0.05) is 5.69 Å². The molecule has 0 unspecified atom stereocenters. The normalized spacial score (nSPS) is 13.9. The molecule has 0 aliphatic rings. The fourth-order valence-corrected chi connectivity index (χ4v) is 1.24. The van der Waals surface area contributed by atoms with Crippen LogP contribution in [0.25, 0.3) is 0 Å². The Hall–Kier alpha value is -2.16. The van der Waals surface area contributed by atoms with Crippen molar-refractivity contribution in [3.05, 3.63) is 24.3 Å². The van der Waals surface area contributed by atoms with E-state index in [1.54, 1.807) is 24.3 Å². The van der Waals surface area contributed by atoms with E-state index in [1.165, 1.54) is 6.08 Å². The van der Waals surface area contributed by atoms with Crippen LogP contribution in [0.2, 0.25) is 0 Å². The molecule has 6 nitrogen and oxygen atoms in total. The van der Waals surface area contributed by atoms with Gasteiger partial charge in [0.1, 0.15) is 13.2 Å². The Bertz CT molecular complexity index is 653. The minimum atomic E-state index is -10.7. The number of halogens is 6. The van der Waals surface area contributed by atoms with Gasteiger partial charge >= 0.3 is 39.1 Å². The quantitative estimate of drug-likeness (QED) is 0.236. The molecule has 0 atom stereocenters. The molecule has 13 heteroatoms. The molecule has 1 aromatic rings. The number of isocyanates is 1. The average Bonchev–Trinajstić information content (AvgIpc) is 2.36. The topological polar surface area (TPSA) is 67.8 Å². The number of carbonyl (C=O) groups is 1. The predicted octanol–water partition coefficient (Wildman–Crippen LogP) is 5.29. The number of aliphatic imine (C=N–C) groups is 1. The summed E-state index contributed by atoms with van der Waals surface area (Å²) < 4.78 is 65.0. The van der Waals surface area contributed by atoms with Crippen molar-refractivity contribution in [1.82, 2.24) is 0 Å². The zero-order valence-corrected chi connectivity index (χ0v) is 15.0. The first kappa shape index (κ1) is 23.8. The summed E-state index contributed by atoms with van der Waals surface area (Å²) in [6, 6.07) is 6.48. The molecule has 0 aliphatic carbocycles. The fraction of sp³-hybridized carbons (Fsp3) is 0.385. The number of amides is 1. The summed E-state index contributed by atoms with van der Waals surface area (Å²) >= 11 is 0. The molecule has 0 saturated heterocycles. The molecule has 0 fully saturated rings. The Kier molecular flexibility index (Phi) is 6.98. The summed E-state index contributed by atoms with van der Waals surface area (Å²) in [7, 11) is -4.59. The summed E-state index contributed by atoms with van der Waals surface area (Å²) in [5.41, 5.74) is 1.07. The van der Waals surface area contributed by atoms with Gasteiger partial charge in [0.25, 0.3) is 0 Å². The van der Waals surface area contributed by atoms with Crippen molar-refractivity contribution in [2.45, 2.75) is 0 Å². The van der Waals surface area contributed by atoms with Crippen LogP contribution in [0.15, 0.2) is 29.3 Å². The van der Waals surface area contributed by atoms with Crippen molar-refractivity contribution in [1.29, 1.82) is 0 Å². The Labute approximate surface area is 145 Å².